The van der Waals surface area contributed by atoms with Gasteiger partial charge in [0.15, 0.2) is 0 Å². The Morgan fingerprint density at radius 2 is 1.76 bits per heavy atom. The number of aryl methyl sites for hydroxylation is 1. The molecule has 1 aromatic rings. The van der Waals surface area contributed by atoms with E-state index in [9.17, 15) is 4.79 Å². The Hall–Kier alpha value is -1.51. The van der Waals surface area contributed by atoms with Crippen molar-refractivity contribution in [3.05, 3.63) is 29.8 Å². The molecule has 0 radical (unpaired) electrons. The van der Waals surface area contributed by atoms with Crippen molar-refractivity contribution in [1.29, 1.82) is 0 Å². The van der Waals surface area contributed by atoms with Gasteiger partial charge in [0, 0.05) is 18.8 Å². The molecule has 118 valence electrons. The van der Waals surface area contributed by atoms with Crippen LogP contribution in [-0.4, -0.2) is 24.2 Å². The summed E-state index contributed by atoms with van der Waals surface area (Å²) >= 11 is 0. The lowest BCUT2D eigenvalue weighted by atomic mass is 10.1. The highest BCUT2D eigenvalue weighted by Gasteiger charge is 2.17. The van der Waals surface area contributed by atoms with Gasteiger partial charge in [0.05, 0.1) is 5.92 Å². The van der Waals surface area contributed by atoms with Gasteiger partial charge in [-0.3, -0.25) is 4.79 Å². The molecule has 0 bridgehead atoms. The fraction of sp³-hybridized carbons (Fsp3) is 0.611. The molecule has 0 fully saturated rings. The van der Waals surface area contributed by atoms with Crippen molar-refractivity contribution >= 4 is 11.7 Å². The molecule has 0 aliphatic carbocycles. The van der Waals surface area contributed by atoms with Gasteiger partial charge in [0.1, 0.15) is 0 Å². The van der Waals surface area contributed by atoms with Crippen molar-refractivity contribution in [3.63, 3.8) is 0 Å². The van der Waals surface area contributed by atoms with E-state index in [4.69, 9.17) is 5.11 Å². The van der Waals surface area contributed by atoms with Crippen LogP contribution in [0.4, 0.5) is 5.69 Å². The number of rotatable bonds is 9. The van der Waals surface area contributed by atoms with Crippen LogP contribution in [-0.2, 0) is 11.2 Å². The Balaban J connectivity index is 2.79. The lowest BCUT2D eigenvalue weighted by molar-refractivity contribution is -0.140. The largest absolute Gasteiger partial charge is 0.481 e. The molecule has 0 spiro atoms. The molecule has 0 aliphatic rings. The summed E-state index contributed by atoms with van der Waals surface area (Å²) in [7, 11) is 0. The lowest BCUT2D eigenvalue weighted by Gasteiger charge is -2.28. The van der Waals surface area contributed by atoms with Gasteiger partial charge in [-0.2, -0.15) is 0 Å². The van der Waals surface area contributed by atoms with E-state index in [2.05, 4.69) is 49.9 Å². The van der Waals surface area contributed by atoms with Crippen LogP contribution < -0.4 is 4.90 Å². The maximum atomic E-state index is 11.1. The molecule has 1 atom stereocenters. The first kappa shape index (κ1) is 17.5. The Morgan fingerprint density at radius 3 is 2.24 bits per heavy atom. The second-order valence-corrected chi connectivity index (χ2v) is 6.31. The average Bonchev–Trinajstić information content (AvgIpc) is 2.44. The first-order valence-electron chi connectivity index (χ1n) is 8.00. The fourth-order valence-electron chi connectivity index (χ4n) is 2.39. The number of carbonyl (C=O) groups is 1. The standard InChI is InChI=1S/C18H29NO2/c1-5-6-7-16-8-10-17(11-9-16)19(12-14(2)3)13-15(4)18(20)21/h8-11,14-15H,5-7,12-13H2,1-4H3,(H,20,21). The first-order chi connectivity index (χ1) is 9.93. The minimum atomic E-state index is -0.733. The molecule has 1 aromatic carbocycles. The first-order valence-corrected chi connectivity index (χ1v) is 8.00. The third-order valence-corrected chi connectivity index (χ3v) is 3.62. The van der Waals surface area contributed by atoms with Crippen molar-refractivity contribution in [1.82, 2.24) is 0 Å². The molecule has 1 unspecified atom stereocenters. The molecule has 0 saturated heterocycles. The number of hydrogen-bond donors (Lipinski definition) is 1. The van der Waals surface area contributed by atoms with E-state index in [0.29, 0.717) is 12.5 Å². The monoisotopic (exact) mass is 291 g/mol. The van der Waals surface area contributed by atoms with Crippen molar-refractivity contribution in [3.8, 4) is 0 Å². The topological polar surface area (TPSA) is 40.5 Å². The molecule has 0 amide bonds. The van der Waals surface area contributed by atoms with Crippen LogP contribution in [0.5, 0.6) is 0 Å². The van der Waals surface area contributed by atoms with Crippen LogP contribution in [0.15, 0.2) is 24.3 Å². The van der Waals surface area contributed by atoms with Crippen LogP contribution in [0, 0.1) is 11.8 Å². The molecule has 3 heteroatoms. The third-order valence-electron chi connectivity index (χ3n) is 3.62. The second kappa shape index (κ2) is 8.71. The maximum absolute atomic E-state index is 11.1. The van der Waals surface area contributed by atoms with Gasteiger partial charge in [0.25, 0.3) is 0 Å². The minimum absolute atomic E-state index is 0.358. The van der Waals surface area contributed by atoms with Crippen LogP contribution >= 0.6 is 0 Å². The Morgan fingerprint density at radius 1 is 1.14 bits per heavy atom. The molecule has 0 aromatic heterocycles. The molecular formula is C18H29NO2. The van der Waals surface area contributed by atoms with Crippen molar-refractivity contribution in [2.45, 2.75) is 47.0 Å². The van der Waals surface area contributed by atoms with Gasteiger partial charge in [0.2, 0.25) is 0 Å². The van der Waals surface area contributed by atoms with E-state index < -0.39 is 5.97 Å². The summed E-state index contributed by atoms with van der Waals surface area (Å²) in [5.41, 5.74) is 2.48. The van der Waals surface area contributed by atoms with Crippen LogP contribution in [0.1, 0.15) is 46.1 Å². The number of carboxylic acid groups (broad SMARTS) is 1. The molecule has 0 saturated carbocycles. The molecule has 1 N–H and O–H groups in total. The van der Waals surface area contributed by atoms with Gasteiger partial charge in [-0.05, 0) is 36.5 Å². The molecule has 0 heterocycles. The molecule has 21 heavy (non-hydrogen) atoms. The molecular weight excluding hydrogens is 262 g/mol. The smallest absolute Gasteiger partial charge is 0.308 e. The van der Waals surface area contributed by atoms with Crippen molar-refractivity contribution < 1.29 is 9.90 Å². The average molecular weight is 291 g/mol. The van der Waals surface area contributed by atoms with Crippen LogP contribution in [0.3, 0.4) is 0 Å². The summed E-state index contributed by atoms with van der Waals surface area (Å²) in [6, 6.07) is 8.59. The normalized spacial score (nSPS) is 12.4. The maximum Gasteiger partial charge on any atom is 0.308 e. The Bertz CT molecular complexity index is 425. The predicted molar refractivity (Wildman–Crippen MR) is 88.9 cm³/mol. The molecule has 3 nitrogen and oxygen atoms in total. The van der Waals surface area contributed by atoms with E-state index >= 15 is 0 Å². The molecule has 1 rings (SSSR count). The summed E-state index contributed by atoms with van der Waals surface area (Å²) in [4.78, 5) is 13.3. The zero-order valence-corrected chi connectivity index (χ0v) is 13.8. The summed E-state index contributed by atoms with van der Waals surface area (Å²) < 4.78 is 0. The Kier molecular flexibility index (Phi) is 7.27. The highest BCUT2D eigenvalue weighted by atomic mass is 16.4. The fourth-order valence-corrected chi connectivity index (χ4v) is 2.39. The van der Waals surface area contributed by atoms with Gasteiger partial charge in [-0.25, -0.2) is 0 Å². The van der Waals surface area contributed by atoms with Crippen LogP contribution in [0.25, 0.3) is 0 Å². The van der Waals surface area contributed by atoms with Gasteiger partial charge in [-0.1, -0.05) is 46.2 Å². The highest BCUT2D eigenvalue weighted by molar-refractivity contribution is 5.70. The van der Waals surface area contributed by atoms with Crippen molar-refractivity contribution in [2.75, 3.05) is 18.0 Å². The van der Waals surface area contributed by atoms with Crippen molar-refractivity contribution in [2.24, 2.45) is 11.8 Å². The number of aliphatic carboxylic acids is 1. The molecule has 0 aliphatic heterocycles. The van der Waals surface area contributed by atoms with Crippen LogP contribution in [0.2, 0.25) is 0 Å². The number of nitrogens with zero attached hydrogens (tertiary/aromatic N) is 1. The number of unbranched alkanes of at least 4 members (excludes halogenated alkanes) is 1. The quantitative estimate of drug-likeness (QED) is 0.741. The van der Waals surface area contributed by atoms with Gasteiger partial charge >= 0.3 is 5.97 Å². The predicted octanol–water partition coefficient (Wildman–Crippen LogP) is 4.21. The number of carboxylic acids is 1. The summed E-state index contributed by atoms with van der Waals surface area (Å²) in [5, 5.41) is 9.13. The van der Waals surface area contributed by atoms with E-state index in [1.165, 1.54) is 18.4 Å². The van der Waals surface area contributed by atoms with E-state index in [1.807, 2.05) is 0 Å². The SMILES string of the molecule is CCCCc1ccc(N(CC(C)C)CC(C)C(=O)O)cc1. The number of anilines is 1. The summed E-state index contributed by atoms with van der Waals surface area (Å²) in [5.74, 6) is -0.586. The second-order valence-electron chi connectivity index (χ2n) is 6.31. The van der Waals surface area contributed by atoms with E-state index in [0.717, 1.165) is 18.7 Å². The minimum Gasteiger partial charge on any atom is -0.481 e. The zero-order chi connectivity index (χ0) is 15.8. The Labute approximate surface area is 129 Å². The zero-order valence-electron chi connectivity index (χ0n) is 13.8. The van der Waals surface area contributed by atoms with E-state index in [1.54, 1.807) is 6.92 Å². The van der Waals surface area contributed by atoms with E-state index in [-0.39, 0.29) is 5.92 Å². The highest BCUT2D eigenvalue weighted by Crippen LogP contribution is 2.19. The van der Waals surface area contributed by atoms with Gasteiger partial charge < -0.3 is 10.0 Å². The third kappa shape index (κ3) is 6.19. The van der Waals surface area contributed by atoms with Gasteiger partial charge in [-0.15, -0.1) is 0 Å². The summed E-state index contributed by atoms with van der Waals surface area (Å²) in [6.45, 7) is 9.73. The number of hydrogen-bond acceptors (Lipinski definition) is 2. The summed E-state index contributed by atoms with van der Waals surface area (Å²) in [6.07, 6.45) is 3.54. The lowest BCUT2D eigenvalue weighted by Crippen LogP contribution is -2.34. The number of benzene rings is 1.